The Hall–Kier alpha value is -1.52. The molecule has 21 heavy (non-hydrogen) atoms. The number of hydrogen-bond acceptors (Lipinski definition) is 3. The Kier molecular flexibility index (Phi) is 5.42. The van der Waals surface area contributed by atoms with Gasteiger partial charge in [-0.15, -0.1) is 0 Å². The molecule has 1 rings (SSSR count). The van der Waals surface area contributed by atoms with Crippen molar-refractivity contribution in [2.24, 2.45) is 5.41 Å². The van der Waals surface area contributed by atoms with Gasteiger partial charge >= 0.3 is 12.1 Å². The van der Waals surface area contributed by atoms with Crippen molar-refractivity contribution in [3.8, 4) is 0 Å². The lowest BCUT2D eigenvalue weighted by molar-refractivity contribution is -0.147. The first kappa shape index (κ1) is 17.5. The van der Waals surface area contributed by atoms with Crippen LogP contribution in [0.25, 0.3) is 0 Å². The first-order valence-electron chi connectivity index (χ1n) is 7.40. The third-order valence-electron chi connectivity index (χ3n) is 3.60. The molecule has 0 aromatic heterocycles. The van der Waals surface area contributed by atoms with E-state index in [1.807, 2.05) is 26.8 Å². The van der Waals surface area contributed by atoms with Crippen LogP contribution in [-0.4, -0.2) is 40.8 Å². The van der Waals surface area contributed by atoms with Crippen LogP contribution < -0.4 is 0 Å². The van der Waals surface area contributed by atoms with Gasteiger partial charge < -0.3 is 14.7 Å². The summed E-state index contributed by atoms with van der Waals surface area (Å²) in [7, 11) is 0. The molecule has 0 unspecified atom stereocenters. The fraction of sp³-hybridized carbons (Fsp3) is 0.750. The summed E-state index contributed by atoms with van der Waals surface area (Å²) >= 11 is 0. The Bertz CT molecular complexity index is 432. The molecule has 0 bridgehead atoms. The lowest BCUT2D eigenvalue weighted by Crippen LogP contribution is -2.39. The van der Waals surface area contributed by atoms with Crippen LogP contribution in [0.2, 0.25) is 0 Å². The fourth-order valence-corrected chi connectivity index (χ4v) is 2.01. The number of carbonyl (C=O) groups excluding carboxylic acids is 1. The highest BCUT2D eigenvalue weighted by molar-refractivity contribution is 5.73. The Balaban J connectivity index is 2.48. The van der Waals surface area contributed by atoms with Crippen molar-refractivity contribution in [3.63, 3.8) is 0 Å². The number of ether oxygens (including phenoxy) is 1. The van der Waals surface area contributed by atoms with Crippen molar-refractivity contribution in [1.29, 1.82) is 0 Å². The molecule has 1 amide bonds. The molecule has 0 aliphatic carbocycles. The zero-order valence-corrected chi connectivity index (χ0v) is 13.7. The van der Waals surface area contributed by atoms with E-state index in [9.17, 15) is 9.59 Å². The average molecular weight is 297 g/mol. The molecule has 0 saturated carbocycles. The second-order valence-corrected chi connectivity index (χ2v) is 7.23. The van der Waals surface area contributed by atoms with Gasteiger partial charge in [0.15, 0.2) is 0 Å². The summed E-state index contributed by atoms with van der Waals surface area (Å²) in [5.74, 6) is -0.769. The summed E-state index contributed by atoms with van der Waals surface area (Å²) < 4.78 is 5.34. The number of carbonyl (C=O) groups is 2. The SMILES string of the molecule is CC(C)(C)OC(=O)N1CC=C(CCC(C)(C)C(=O)O)CC1. The van der Waals surface area contributed by atoms with Crippen LogP contribution in [0.4, 0.5) is 4.79 Å². The summed E-state index contributed by atoms with van der Waals surface area (Å²) in [6.45, 7) is 10.2. The molecule has 120 valence electrons. The standard InChI is InChI=1S/C16H27NO4/c1-15(2,3)21-14(20)17-10-7-12(8-11-17)6-9-16(4,5)13(18)19/h7H,6,8-11H2,1-5H3,(H,18,19). The molecule has 5 heteroatoms. The molecule has 1 heterocycles. The van der Waals surface area contributed by atoms with E-state index in [-0.39, 0.29) is 6.09 Å². The topological polar surface area (TPSA) is 66.8 Å². The zero-order chi connectivity index (χ0) is 16.3. The quantitative estimate of drug-likeness (QED) is 0.807. The van der Waals surface area contributed by atoms with Gasteiger partial charge in [-0.25, -0.2) is 4.79 Å². The van der Waals surface area contributed by atoms with Gasteiger partial charge in [0.25, 0.3) is 0 Å². The van der Waals surface area contributed by atoms with E-state index in [0.29, 0.717) is 19.5 Å². The molecular weight excluding hydrogens is 270 g/mol. The molecule has 0 saturated heterocycles. The smallest absolute Gasteiger partial charge is 0.410 e. The minimum atomic E-state index is -0.769. The number of aliphatic carboxylic acids is 1. The second-order valence-electron chi connectivity index (χ2n) is 7.23. The summed E-state index contributed by atoms with van der Waals surface area (Å²) in [5, 5.41) is 9.10. The van der Waals surface area contributed by atoms with Gasteiger partial charge in [-0.1, -0.05) is 11.6 Å². The number of nitrogens with zero attached hydrogens (tertiary/aromatic N) is 1. The van der Waals surface area contributed by atoms with Crippen LogP contribution in [0.3, 0.4) is 0 Å². The fourth-order valence-electron chi connectivity index (χ4n) is 2.01. The molecule has 5 nitrogen and oxygen atoms in total. The summed E-state index contributed by atoms with van der Waals surface area (Å²) in [4.78, 5) is 24.7. The third-order valence-corrected chi connectivity index (χ3v) is 3.60. The monoisotopic (exact) mass is 297 g/mol. The number of hydrogen-bond donors (Lipinski definition) is 1. The highest BCUT2D eigenvalue weighted by atomic mass is 16.6. The van der Waals surface area contributed by atoms with Gasteiger partial charge in [-0.3, -0.25) is 4.79 Å². The number of rotatable bonds is 4. The second kappa shape index (κ2) is 6.50. The van der Waals surface area contributed by atoms with Crippen molar-refractivity contribution in [3.05, 3.63) is 11.6 Å². The van der Waals surface area contributed by atoms with Crippen molar-refractivity contribution in [1.82, 2.24) is 4.90 Å². The van der Waals surface area contributed by atoms with Crippen LogP contribution in [0, 0.1) is 5.41 Å². The maximum Gasteiger partial charge on any atom is 0.410 e. The number of carboxylic acids is 1. The van der Waals surface area contributed by atoms with Crippen molar-refractivity contribution in [2.75, 3.05) is 13.1 Å². The van der Waals surface area contributed by atoms with Crippen LogP contribution in [0.5, 0.6) is 0 Å². The molecule has 0 atom stereocenters. The normalized spacial score (nSPS) is 16.4. The van der Waals surface area contributed by atoms with E-state index in [0.717, 1.165) is 12.8 Å². The van der Waals surface area contributed by atoms with Crippen LogP contribution in [0.1, 0.15) is 53.9 Å². The lowest BCUT2D eigenvalue weighted by Gasteiger charge is -2.30. The van der Waals surface area contributed by atoms with Crippen molar-refractivity contribution < 1.29 is 19.4 Å². The number of amides is 1. The molecule has 0 aromatic carbocycles. The van der Waals surface area contributed by atoms with Gasteiger partial charge in [0.05, 0.1) is 5.41 Å². The minimum absolute atomic E-state index is 0.288. The molecule has 1 N–H and O–H groups in total. The van der Waals surface area contributed by atoms with Crippen LogP contribution in [-0.2, 0) is 9.53 Å². The maximum absolute atomic E-state index is 11.9. The van der Waals surface area contributed by atoms with Gasteiger partial charge in [0.1, 0.15) is 5.60 Å². The van der Waals surface area contributed by atoms with Crippen LogP contribution in [0.15, 0.2) is 11.6 Å². The van der Waals surface area contributed by atoms with E-state index in [1.165, 1.54) is 5.57 Å². The Morgan fingerprint density at radius 3 is 2.33 bits per heavy atom. The lowest BCUT2D eigenvalue weighted by atomic mass is 9.85. The highest BCUT2D eigenvalue weighted by Gasteiger charge is 2.28. The largest absolute Gasteiger partial charge is 0.481 e. The molecule has 1 aliphatic heterocycles. The third kappa shape index (κ3) is 5.78. The molecule has 1 aliphatic rings. The molecule has 0 aromatic rings. The Morgan fingerprint density at radius 1 is 1.29 bits per heavy atom. The molecular formula is C16H27NO4. The average Bonchev–Trinajstić information content (AvgIpc) is 2.35. The Morgan fingerprint density at radius 2 is 1.90 bits per heavy atom. The molecule has 0 fully saturated rings. The highest BCUT2D eigenvalue weighted by Crippen LogP contribution is 2.27. The summed E-state index contributed by atoms with van der Waals surface area (Å²) in [6.07, 6.45) is 3.89. The summed E-state index contributed by atoms with van der Waals surface area (Å²) in [6, 6.07) is 0. The van der Waals surface area contributed by atoms with E-state index in [4.69, 9.17) is 9.84 Å². The zero-order valence-electron chi connectivity index (χ0n) is 13.7. The number of carboxylic acid groups (broad SMARTS) is 1. The van der Waals surface area contributed by atoms with Gasteiger partial charge in [-0.2, -0.15) is 0 Å². The minimum Gasteiger partial charge on any atom is -0.481 e. The predicted octanol–water partition coefficient (Wildman–Crippen LogP) is 3.44. The van der Waals surface area contributed by atoms with Crippen molar-refractivity contribution in [2.45, 2.75) is 59.5 Å². The first-order valence-corrected chi connectivity index (χ1v) is 7.40. The predicted molar refractivity (Wildman–Crippen MR) is 81.2 cm³/mol. The first-order chi connectivity index (χ1) is 9.51. The van der Waals surface area contributed by atoms with E-state index >= 15 is 0 Å². The molecule has 0 spiro atoms. The molecule has 0 radical (unpaired) electrons. The van der Waals surface area contributed by atoms with E-state index < -0.39 is 17.0 Å². The van der Waals surface area contributed by atoms with Gasteiger partial charge in [0.2, 0.25) is 0 Å². The summed E-state index contributed by atoms with van der Waals surface area (Å²) in [5.41, 5.74) is 0.0413. The van der Waals surface area contributed by atoms with Gasteiger partial charge in [-0.05, 0) is 53.9 Å². The van der Waals surface area contributed by atoms with Crippen molar-refractivity contribution >= 4 is 12.1 Å². The van der Waals surface area contributed by atoms with E-state index in [2.05, 4.69) is 0 Å². The Labute approximate surface area is 127 Å². The van der Waals surface area contributed by atoms with E-state index in [1.54, 1.807) is 18.7 Å². The maximum atomic E-state index is 11.9. The van der Waals surface area contributed by atoms with Crippen LogP contribution >= 0.6 is 0 Å². The van der Waals surface area contributed by atoms with Gasteiger partial charge in [0, 0.05) is 13.1 Å².